The van der Waals surface area contributed by atoms with Gasteiger partial charge in [-0.3, -0.25) is 0 Å². The Morgan fingerprint density at radius 3 is 1.54 bits per heavy atom. The van der Waals surface area contributed by atoms with E-state index in [9.17, 15) is 0 Å². The molecule has 0 unspecified atom stereocenters. The van der Waals surface area contributed by atoms with E-state index in [1.807, 2.05) is 0 Å². The second-order valence-electron chi connectivity index (χ2n) is 24.8. The largest absolute Gasteiger partial charge is 0.311 e. The summed E-state index contributed by atoms with van der Waals surface area (Å²) in [6, 6.07) is 54.6. The zero-order valence-corrected chi connectivity index (χ0v) is 43.0. The summed E-state index contributed by atoms with van der Waals surface area (Å²) in [7, 11) is 0. The Bertz CT molecular complexity index is 3060. The van der Waals surface area contributed by atoms with Gasteiger partial charge >= 0.3 is 0 Å². The molecule has 7 aromatic rings. The van der Waals surface area contributed by atoms with Gasteiger partial charge in [0, 0.05) is 34.0 Å². The average molecular weight is 879 g/mol. The molecule has 0 fully saturated rings. The molecule has 2 heterocycles. The molecule has 0 aromatic heterocycles. The molecule has 3 aliphatic rings. The average Bonchev–Trinajstić information content (AvgIpc) is 3.45. The first-order valence-electron chi connectivity index (χ1n) is 25.0. The van der Waals surface area contributed by atoms with E-state index in [1.54, 1.807) is 0 Å². The smallest absolute Gasteiger partial charge is 0.252 e. The molecule has 2 nitrogen and oxygen atoms in total. The lowest BCUT2D eigenvalue weighted by Crippen LogP contribution is -2.62. The molecule has 0 atom stereocenters. The molecule has 0 saturated carbocycles. The zero-order valence-electron chi connectivity index (χ0n) is 43.0. The van der Waals surface area contributed by atoms with Crippen LogP contribution < -0.4 is 26.2 Å². The first-order valence-corrected chi connectivity index (χ1v) is 25.0. The van der Waals surface area contributed by atoms with Gasteiger partial charge in [-0.2, -0.15) is 0 Å². The quantitative estimate of drug-likeness (QED) is 0.159. The predicted octanol–water partition coefficient (Wildman–Crippen LogP) is 16.1. The summed E-state index contributed by atoms with van der Waals surface area (Å²) in [4.78, 5) is 5.33. The molecule has 10 rings (SSSR count). The minimum absolute atomic E-state index is 0.0121. The van der Waals surface area contributed by atoms with Gasteiger partial charge in [0.15, 0.2) is 0 Å². The summed E-state index contributed by atoms with van der Waals surface area (Å²) in [5.74, 6) is 0.300. The Balaban J connectivity index is 1.39. The van der Waals surface area contributed by atoms with Gasteiger partial charge in [0.2, 0.25) is 0 Å². The van der Waals surface area contributed by atoms with Gasteiger partial charge in [0.1, 0.15) is 0 Å². The van der Waals surface area contributed by atoms with Crippen LogP contribution in [0.4, 0.5) is 34.1 Å². The topological polar surface area (TPSA) is 6.48 Å². The molecule has 0 saturated heterocycles. The molecule has 0 amide bonds. The molecule has 340 valence electrons. The van der Waals surface area contributed by atoms with Crippen LogP contribution in [0.3, 0.4) is 0 Å². The highest BCUT2D eigenvalue weighted by molar-refractivity contribution is 7.00. The Morgan fingerprint density at radius 1 is 0.463 bits per heavy atom. The van der Waals surface area contributed by atoms with Crippen LogP contribution in [0.15, 0.2) is 140 Å². The van der Waals surface area contributed by atoms with Crippen LogP contribution in [0.5, 0.6) is 0 Å². The van der Waals surface area contributed by atoms with E-state index in [2.05, 4.69) is 253 Å². The van der Waals surface area contributed by atoms with Crippen molar-refractivity contribution in [3.63, 3.8) is 0 Å². The molecule has 7 aromatic carbocycles. The van der Waals surface area contributed by atoms with Gasteiger partial charge in [0.05, 0.1) is 5.69 Å². The fourth-order valence-electron chi connectivity index (χ4n) is 12.0. The minimum Gasteiger partial charge on any atom is -0.311 e. The third-order valence-electron chi connectivity index (χ3n) is 15.4. The molecule has 0 N–H and O–H groups in total. The summed E-state index contributed by atoms with van der Waals surface area (Å²) < 4.78 is 0. The Kier molecular flexibility index (Phi) is 10.3. The molecular formula is C64H71BN2. The number of benzene rings is 7. The van der Waals surface area contributed by atoms with E-state index in [0.29, 0.717) is 5.92 Å². The normalized spacial score (nSPS) is 15.9. The van der Waals surface area contributed by atoms with Crippen LogP contribution >= 0.6 is 0 Å². The van der Waals surface area contributed by atoms with Crippen LogP contribution in [-0.4, -0.2) is 6.71 Å². The summed E-state index contributed by atoms with van der Waals surface area (Å²) in [5.41, 5.74) is 25.0. The van der Waals surface area contributed by atoms with Gasteiger partial charge in [-0.05, 0) is 154 Å². The van der Waals surface area contributed by atoms with Crippen LogP contribution in [0, 0.1) is 0 Å². The molecule has 0 radical (unpaired) electrons. The highest BCUT2D eigenvalue weighted by atomic mass is 15.2. The maximum atomic E-state index is 2.72. The second-order valence-corrected chi connectivity index (χ2v) is 24.8. The fourth-order valence-corrected chi connectivity index (χ4v) is 12.0. The van der Waals surface area contributed by atoms with Gasteiger partial charge in [-0.25, -0.2) is 0 Å². The number of nitrogens with zero attached hydrogens (tertiary/aromatic N) is 2. The highest BCUT2D eigenvalue weighted by Gasteiger charge is 2.49. The first kappa shape index (κ1) is 45.0. The summed E-state index contributed by atoms with van der Waals surface area (Å²) in [5, 5.41) is 0. The van der Waals surface area contributed by atoms with Crippen LogP contribution in [-0.2, 0) is 27.1 Å². The summed E-state index contributed by atoms with van der Waals surface area (Å²) >= 11 is 0. The lowest BCUT2D eigenvalue weighted by atomic mass is 9.33. The van der Waals surface area contributed by atoms with E-state index in [1.165, 1.54) is 106 Å². The van der Waals surface area contributed by atoms with Gasteiger partial charge in [-0.15, -0.1) is 0 Å². The molecular weight excluding hydrogens is 808 g/mol. The minimum atomic E-state index is -0.108. The van der Waals surface area contributed by atoms with E-state index in [-0.39, 0.29) is 33.8 Å². The third kappa shape index (κ3) is 7.47. The Morgan fingerprint density at radius 2 is 0.985 bits per heavy atom. The van der Waals surface area contributed by atoms with Crippen LogP contribution in [0.1, 0.15) is 150 Å². The third-order valence-corrected chi connectivity index (χ3v) is 15.4. The van der Waals surface area contributed by atoms with E-state index in [4.69, 9.17) is 0 Å². The fraction of sp³-hybridized carbons (Fsp3) is 0.344. The summed E-state index contributed by atoms with van der Waals surface area (Å²) in [6.07, 6.45) is 1.11. The lowest BCUT2D eigenvalue weighted by Gasteiger charge is -2.46. The van der Waals surface area contributed by atoms with Crippen molar-refractivity contribution in [3.8, 4) is 22.3 Å². The number of fused-ring (bicyclic) bond motifs is 5. The standard InChI is InChI=1S/C64H71BN2/c1-40(2)43-32-57-59-58(33-43)67(55-36-47(41-22-18-16-19-23-41)49(62(9,10)11)35-48(55)42-24-20-17-21-25-42)56-38-51-50(63(12,13)39-64(51,14)15)37-53(56)65(59)52-34-45(61(6,7)8)28-31-54(52)66(57)46-29-26-44(27-30-46)60(3,4)5/h16-38,40H,39H2,1-15H3. The van der Waals surface area contributed by atoms with Gasteiger partial charge in [-0.1, -0.05) is 195 Å². The van der Waals surface area contributed by atoms with E-state index in [0.717, 1.165) is 6.42 Å². The molecule has 2 aliphatic heterocycles. The van der Waals surface area contributed by atoms with Crippen molar-refractivity contribution >= 4 is 57.2 Å². The SMILES string of the molecule is CC(C)c1cc2c3c(c1)N(c1cc(-c4ccccc4)c(C(C)(C)C)cc1-c1ccccc1)c1cc4c(cc1B3c1cc(C(C)(C)C)ccc1N2c1ccc(C(C)(C)C)cc1)C(C)(C)CC4(C)C. The Hall–Kier alpha value is -5.80. The molecule has 67 heavy (non-hydrogen) atoms. The molecule has 0 bridgehead atoms. The zero-order chi connectivity index (χ0) is 47.7. The number of rotatable bonds is 5. The molecule has 0 spiro atoms. The number of hydrogen-bond donors (Lipinski definition) is 0. The monoisotopic (exact) mass is 879 g/mol. The predicted molar refractivity (Wildman–Crippen MR) is 292 cm³/mol. The lowest BCUT2D eigenvalue weighted by molar-refractivity contribution is 0.403. The number of anilines is 6. The van der Waals surface area contributed by atoms with Crippen molar-refractivity contribution in [2.75, 3.05) is 9.80 Å². The van der Waals surface area contributed by atoms with Crippen molar-refractivity contribution in [2.24, 2.45) is 0 Å². The second kappa shape index (κ2) is 15.4. The van der Waals surface area contributed by atoms with Crippen LogP contribution in [0.2, 0.25) is 0 Å². The van der Waals surface area contributed by atoms with Gasteiger partial charge < -0.3 is 9.80 Å². The van der Waals surface area contributed by atoms with Crippen molar-refractivity contribution < 1.29 is 0 Å². The first-order chi connectivity index (χ1) is 31.4. The molecule has 1 aliphatic carbocycles. The highest BCUT2D eigenvalue weighted by Crippen LogP contribution is 2.54. The van der Waals surface area contributed by atoms with E-state index >= 15 is 0 Å². The van der Waals surface area contributed by atoms with Crippen molar-refractivity contribution in [1.82, 2.24) is 0 Å². The van der Waals surface area contributed by atoms with E-state index < -0.39 is 0 Å². The van der Waals surface area contributed by atoms with Gasteiger partial charge in [0.25, 0.3) is 6.71 Å². The number of hydrogen-bond acceptors (Lipinski definition) is 2. The van der Waals surface area contributed by atoms with Crippen molar-refractivity contribution in [1.29, 1.82) is 0 Å². The maximum absolute atomic E-state index is 2.72. The maximum Gasteiger partial charge on any atom is 0.252 e. The van der Waals surface area contributed by atoms with Crippen molar-refractivity contribution in [3.05, 3.63) is 173 Å². The molecule has 3 heteroatoms. The Labute approximate surface area is 403 Å². The van der Waals surface area contributed by atoms with Crippen LogP contribution in [0.25, 0.3) is 22.3 Å². The van der Waals surface area contributed by atoms with Crippen molar-refractivity contribution in [2.45, 2.75) is 143 Å². The summed E-state index contributed by atoms with van der Waals surface area (Å²) in [6.45, 7) is 35.7.